The zero-order valence-corrected chi connectivity index (χ0v) is 13.1. The van der Waals surface area contributed by atoms with Crippen molar-refractivity contribution >= 4 is 6.09 Å². The first-order chi connectivity index (χ1) is 9.92. The average Bonchev–Trinajstić information content (AvgIpc) is 2.81. The second-order valence-corrected chi connectivity index (χ2v) is 6.62. The summed E-state index contributed by atoms with van der Waals surface area (Å²) in [6.07, 6.45) is 8.33. The summed E-state index contributed by atoms with van der Waals surface area (Å²) in [5, 5.41) is 6.41. The van der Waals surface area contributed by atoms with Crippen LogP contribution >= 0.6 is 0 Å². The first-order valence-electron chi connectivity index (χ1n) is 7.61. The number of alkyl carbamates (subject to hydrolysis) is 1. The van der Waals surface area contributed by atoms with Crippen LogP contribution in [-0.4, -0.2) is 39.9 Å². The number of amides is 1. The summed E-state index contributed by atoms with van der Waals surface area (Å²) in [7, 11) is 0. The van der Waals surface area contributed by atoms with E-state index in [1.165, 1.54) is 0 Å². The predicted octanol–water partition coefficient (Wildman–Crippen LogP) is 1.92. The molecule has 118 valence electrons. The first kappa shape index (κ1) is 15.8. The molecule has 0 unspecified atom stereocenters. The van der Waals surface area contributed by atoms with Crippen LogP contribution in [0.15, 0.2) is 18.7 Å². The fraction of sp³-hybridized carbons (Fsp3) is 0.733. The van der Waals surface area contributed by atoms with Gasteiger partial charge in [0.25, 0.3) is 0 Å². The van der Waals surface area contributed by atoms with Gasteiger partial charge in [0, 0.05) is 31.0 Å². The number of hydrogen-bond acceptors (Lipinski definition) is 4. The van der Waals surface area contributed by atoms with E-state index in [-0.39, 0.29) is 12.1 Å². The van der Waals surface area contributed by atoms with Gasteiger partial charge in [0.2, 0.25) is 0 Å². The molecule has 0 aliphatic heterocycles. The van der Waals surface area contributed by atoms with Gasteiger partial charge in [0.1, 0.15) is 5.60 Å². The lowest BCUT2D eigenvalue weighted by Gasteiger charge is -2.36. The van der Waals surface area contributed by atoms with E-state index in [2.05, 4.69) is 20.2 Å². The van der Waals surface area contributed by atoms with E-state index in [1.807, 2.05) is 33.3 Å². The number of nitrogens with one attached hydrogen (secondary N) is 2. The molecule has 6 nitrogen and oxygen atoms in total. The van der Waals surface area contributed by atoms with Crippen LogP contribution in [0.3, 0.4) is 0 Å². The van der Waals surface area contributed by atoms with Crippen molar-refractivity contribution in [3.05, 3.63) is 18.7 Å². The molecule has 1 amide bonds. The minimum absolute atomic E-state index is 0.242. The Morgan fingerprint density at radius 2 is 2.14 bits per heavy atom. The summed E-state index contributed by atoms with van der Waals surface area (Å²) in [6.45, 7) is 7.59. The van der Waals surface area contributed by atoms with E-state index in [9.17, 15) is 4.79 Å². The molecule has 2 rings (SSSR count). The molecule has 1 aliphatic rings. The maximum atomic E-state index is 11.6. The molecule has 2 N–H and O–H groups in total. The number of aryl methyl sites for hydroxylation is 1. The molecule has 1 aliphatic carbocycles. The molecule has 1 aromatic heterocycles. The summed E-state index contributed by atoms with van der Waals surface area (Å²) < 4.78 is 7.32. The van der Waals surface area contributed by atoms with Gasteiger partial charge < -0.3 is 19.9 Å². The lowest BCUT2D eigenvalue weighted by molar-refractivity contribution is 0.0465. The first-order valence-corrected chi connectivity index (χ1v) is 7.61. The highest BCUT2D eigenvalue weighted by molar-refractivity contribution is 5.68. The van der Waals surface area contributed by atoms with Crippen molar-refractivity contribution in [1.29, 1.82) is 0 Å². The highest BCUT2D eigenvalue weighted by Gasteiger charge is 2.30. The molecule has 0 spiro atoms. The quantitative estimate of drug-likeness (QED) is 0.787. The molecule has 1 heterocycles. The number of imidazole rings is 1. The Morgan fingerprint density at radius 1 is 1.38 bits per heavy atom. The van der Waals surface area contributed by atoms with Gasteiger partial charge in [-0.05, 0) is 46.6 Å². The largest absolute Gasteiger partial charge is 0.444 e. The molecule has 0 aromatic carbocycles. The number of rotatable bonds is 6. The zero-order valence-electron chi connectivity index (χ0n) is 13.1. The van der Waals surface area contributed by atoms with Gasteiger partial charge in [0.05, 0.1) is 6.33 Å². The van der Waals surface area contributed by atoms with Gasteiger partial charge in [-0.3, -0.25) is 0 Å². The number of carbonyl (C=O) groups is 1. The summed E-state index contributed by atoms with van der Waals surface area (Å²) in [6, 6.07) is 0.749. The number of aromatic nitrogens is 2. The van der Waals surface area contributed by atoms with Gasteiger partial charge in [-0.2, -0.15) is 0 Å². The fourth-order valence-electron chi connectivity index (χ4n) is 2.36. The zero-order chi connectivity index (χ0) is 15.3. The third kappa shape index (κ3) is 5.75. The molecule has 0 atom stereocenters. The Bertz CT molecular complexity index is 433. The predicted molar refractivity (Wildman–Crippen MR) is 81.0 cm³/mol. The minimum Gasteiger partial charge on any atom is -0.444 e. The Labute approximate surface area is 126 Å². The van der Waals surface area contributed by atoms with Crippen molar-refractivity contribution in [2.45, 2.75) is 64.3 Å². The number of hydrogen-bond donors (Lipinski definition) is 2. The van der Waals surface area contributed by atoms with Crippen molar-refractivity contribution < 1.29 is 9.53 Å². The third-order valence-electron chi connectivity index (χ3n) is 3.44. The summed E-state index contributed by atoms with van der Waals surface area (Å²) in [5.41, 5.74) is -0.432. The van der Waals surface area contributed by atoms with Crippen LogP contribution in [0.4, 0.5) is 4.79 Å². The van der Waals surface area contributed by atoms with E-state index in [0.29, 0.717) is 6.04 Å². The summed E-state index contributed by atoms with van der Waals surface area (Å²) in [4.78, 5) is 15.6. The summed E-state index contributed by atoms with van der Waals surface area (Å²) >= 11 is 0. The molecular formula is C15H26N4O2. The van der Waals surface area contributed by atoms with Crippen LogP contribution in [0, 0.1) is 0 Å². The summed E-state index contributed by atoms with van der Waals surface area (Å²) in [5.74, 6) is 0. The number of carbonyl (C=O) groups excluding carboxylic acids is 1. The van der Waals surface area contributed by atoms with Crippen LogP contribution in [0.25, 0.3) is 0 Å². The highest BCUT2D eigenvalue weighted by Crippen LogP contribution is 2.20. The molecule has 1 fully saturated rings. The van der Waals surface area contributed by atoms with Gasteiger partial charge in [-0.15, -0.1) is 0 Å². The van der Waals surface area contributed by atoms with E-state index in [4.69, 9.17) is 4.74 Å². The molecule has 1 aromatic rings. The van der Waals surface area contributed by atoms with Gasteiger partial charge in [-0.25, -0.2) is 9.78 Å². The fourth-order valence-corrected chi connectivity index (χ4v) is 2.36. The van der Waals surface area contributed by atoms with Crippen LogP contribution in [0.5, 0.6) is 0 Å². The normalized spacial score (nSPS) is 21.7. The lowest BCUT2D eigenvalue weighted by Crippen LogP contribution is -2.53. The monoisotopic (exact) mass is 294 g/mol. The van der Waals surface area contributed by atoms with Crippen molar-refractivity contribution in [2.75, 3.05) is 6.54 Å². The molecule has 0 bridgehead atoms. The number of nitrogens with zero attached hydrogens (tertiary/aromatic N) is 2. The molecule has 0 saturated heterocycles. The van der Waals surface area contributed by atoms with Crippen molar-refractivity contribution in [2.24, 2.45) is 0 Å². The van der Waals surface area contributed by atoms with Gasteiger partial charge in [0.15, 0.2) is 0 Å². The van der Waals surface area contributed by atoms with Crippen molar-refractivity contribution in [3.63, 3.8) is 0 Å². The minimum atomic E-state index is -0.432. The van der Waals surface area contributed by atoms with Crippen LogP contribution in [-0.2, 0) is 11.3 Å². The second-order valence-electron chi connectivity index (χ2n) is 6.62. The maximum absolute atomic E-state index is 11.6. The Balaban J connectivity index is 1.50. The van der Waals surface area contributed by atoms with E-state index >= 15 is 0 Å². The standard InChI is InChI=1S/C15H26N4O2/c1-15(2,3)21-14(20)18-13-9-12(10-13)17-5-4-7-19-8-6-16-11-19/h6,8,11-13,17H,4-5,7,9-10H2,1-3H3,(H,18,20). The number of ether oxygens (including phenoxy) is 1. The molecule has 6 heteroatoms. The SMILES string of the molecule is CC(C)(C)OC(=O)NC1CC(NCCCn2ccnc2)C1. The second kappa shape index (κ2) is 6.93. The van der Waals surface area contributed by atoms with Gasteiger partial charge >= 0.3 is 6.09 Å². The van der Waals surface area contributed by atoms with E-state index < -0.39 is 5.60 Å². The molecule has 0 radical (unpaired) electrons. The van der Waals surface area contributed by atoms with Crippen molar-refractivity contribution in [1.82, 2.24) is 20.2 Å². The average molecular weight is 294 g/mol. The maximum Gasteiger partial charge on any atom is 0.407 e. The lowest BCUT2D eigenvalue weighted by atomic mass is 9.87. The van der Waals surface area contributed by atoms with Crippen molar-refractivity contribution in [3.8, 4) is 0 Å². The van der Waals surface area contributed by atoms with E-state index in [1.54, 1.807) is 6.20 Å². The van der Waals surface area contributed by atoms with Crippen LogP contribution in [0.1, 0.15) is 40.0 Å². The Morgan fingerprint density at radius 3 is 2.76 bits per heavy atom. The molecular weight excluding hydrogens is 268 g/mol. The Hall–Kier alpha value is -1.56. The third-order valence-corrected chi connectivity index (χ3v) is 3.44. The van der Waals surface area contributed by atoms with E-state index in [0.717, 1.165) is 32.4 Å². The van der Waals surface area contributed by atoms with Crippen LogP contribution in [0.2, 0.25) is 0 Å². The highest BCUT2D eigenvalue weighted by atomic mass is 16.6. The molecule has 1 saturated carbocycles. The van der Waals surface area contributed by atoms with Gasteiger partial charge in [-0.1, -0.05) is 0 Å². The smallest absolute Gasteiger partial charge is 0.407 e. The molecule has 21 heavy (non-hydrogen) atoms. The Kier molecular flexibility index (Phi) is 5.22. The topological polar surface area (TPSA) is 68.2 Å². The van der Waals surface area contributed by atoms with Crippen LogP contribution < -0.4 is 10.6 Å².